The first-order valence-corrected chi connectivity index (χ1v) is 13.6. The summed E-state index contributed by atoms with van der Waals surface area (Å²) in [5, 5.41) is 33.6. The Kier molecular flexibility index (Phi) is 9.46. The van der Waals surface area contributed by atoms with Crippen LogP contribution in [0, 0.1) is 0 Å². The van der Waals surface area contributed by atoms with E-state index in [1.54, 1.807) is 23.1 Å². The molecule has 0 aromatic heterocycles. The first-order chi connectivity index (χ1) is 18.4. The number of aliphatic hydroxyl groups excluding tert-OH is 3. The number of nitrogens with zero attached hydrogens (tertiary/aromatic N) is 1. The lowest BCUT2D eigenvalue weighted by Gasteiger charge is -2.43. The highest BCUT2D eigenvalue weighted by molar-refractivity contribution is 5.96. The number of ether oxygens (including phenoxy) is 2. The Balaban J connectivity index is 1.75. The number of hydrogen-bond acceptors (Lipinski definition) is 7. The molecule has 4 unspecified atom stereocenters. The van der Waals surface area contributed by atoms with E-state index >= 15 is 0 Å². The molecule has 1 aromatic rings. The standard InChI is InChI=1S/C29H40N2O7/c1-3-4-5-6-11-24(34)31(19-9-7-8-10-19)22-16-21(29(36)30-12-13-32)25-20-14-18(17-33)15-23(37-2)27(20)38-28(25)26(22)35/h3,14-16,19,22,25-26,28,32-33,35H,1,4-13,17H2,2H3,(H,30,36). The molecular formula is C29H40N2O7. The Morgan fingerprint density at radius 3 is 2.66 bits per heavy atom. The average Bonchev–Trinajstić information content (AvgIpc) is 3.59. The zero-order valence-corrected chi connectivity index (χ0v) is 22.1. The fraction of sp³-hybridized carbons (Fsp3) is 0.586. The monoisotopic (exact) mass is 528 g/mol. The number of unbranched alkanes of at least 4 members (excludes halogenated alkanes) is 2. The summed E-state index contributed by atoms with van der Waals surface area (Å²) in [7, 11) is 1.50. The molecule has 9 nitrogen and oxygen atoms in total. The van der Waals surface area contributed by atoms with E-state index in [4.69, 9.17) is 9.47 Å². The van der Waals surface area contributed by atoms with E-state index in [9.17, 15) is 24.9 Å². The smallest absolute Gasteiger partial charge is 0.247 e. The van der Waals surface area contributed by atoms with Gasteiger partial charge in [0.05, 0.1) is 32.3 Å². The van der Waals surface area contributed by atoms with E-state index in [0.717, 1.165) is 44.9 Å². The Hall–Kier alpha value is -2.88. The van der Waals surface area contributed by atoms with Crippen LogP contribution in [0.4, 0.5) is 0 Å². The molecule has 2 amide bonds. The van der Waals surface area contributed by atoms with Gasteiger partial charge in [0.25, 0.3) is 0 Å². The van der Waals surface area contributed by atoms with Crippen LogP contribution in [-0.2, 0) is 16.2 Å². The Bertz CT molecular complexity index is 1050. The molecule has 1 heterocycles. The second kappa shape index (κ2) is 12.8. The molecule has 208 valence electrons. The molecule has 1 aromatic carbocycles. The van der Waals surface area contributed by atoms with E-state index < -0.39 is 24.2 Å². The maximum atomic E-state index is 13.6. The second-order valence-electron chi connectivity index (χ2n) is 10.3. The molecule has 2 aliphatic carbocycles. The predicted octanol–water partition coefficient (Wildman–Crippen LogP) is 2.33. The SMILES string of the molecule is C=CCCCCC(=O)N(C1CCCC1)C1C=C(C(=O)NCCO)C2c3cc(CO)cc(OC)c3OC2C1O. The second-order valence-corrected chi connectivity index (χ2v) is 10.3. The van der Waals surface area contributed by atoms with Crippen molar-refractivity contribution >= 4 is 11.8 Å². The number of carbonyl (C=O) groups is 2. The van der Waals surface area contributed by atoms with Gasteiger partial charge in [0, 0.05) is 30.1 Å². The third-order valence-electron chi connectivity index (χ3n) is 7.87. The van der Waals surface area contributed by atoms with Crippen molar-refractivity contribution in [3.05, 3.63) is 47.6 Å². The zero-order chi connectivity index (χ0) is 27.2. The summed E-state index contributed by atoms with van der Waals surface area (Å²) in [5.41, 5.74) is 1.61. The molecule has 1 aliphatic heterocycles. The van der Waals surface area contributed by atoms with Gasteiger partial charge in [-0.05, 0) is 55.9 Å². The van der Waals surface area contributed by atoms with Crippen LogP contribution >= 0.6 is 0 Å². The van der Waals surface area contributed by atoms with E-state index in [2.05, 4.69) is 11.9 Å². The molecule has 0 spiro atoms. The molecule has 0 bridgehead atoms. The van der Waals surface area contributed by atoms with Gasteiger partial charge in [-0.2, -0.15) is 0 Å². The lowest BCUT2D eigenvalue weighted by Crippen LogP contribution is -2.58. The number of rotatable bonds is 12. The van der Waals surface area contributed by atoms with Crippen LogP contribution in [0.15, 0.2) is 36.4 Å². The fourth-order valence-electron chi connectivity index (χ4n) is 6.08. The predicted molar refractivity (Wildman–Crippen MR) is 142 cm³/mol. The minimum absolute atomic E-state index is 0.0181. The van der Waals surface area contributed by atoms with Crippen LogP contribution < -0.4 is 14.8 Å². The van der Waals surface area contributed by atoms with E-state index in [1.165, 1.54) is 7.11 Å². The van der Waals surface area contributed by atoms with Gasteiger partial charge >= 0.3 is 0 Å². The van der Waals surface area contributed by atoms with Crippen LogP contribution in [0.2, 0.25) is 0 Å². The van der Waals surface area contributed by atoms with E-state index in [-0.39, 0.29) is 37.6 Å². The zero-order valence-electron chi connectivity index (χ0n) is 22.1. The van der Waals surface area contributed by atoms with Crippen molar-refractivity contribution in [2.75, 3.05) is 20.3 Å². The first-order valence-electron chi connectivity index (χ1n) is 13.6. The van der Waals surface area contributed by atoms with Crippen LogP contribution in [0.25, 0.3) is 0 Å². The van der Waals surface area contributed by atoms with E-state index in [1.807, 2.05) is 6.08 Å². The molecule has 0 radical (unpaired) electrons. The largest absolute Gasteiger partial charge is 0.493 e. The molecule has 1 saturated carbocycles. The summed E-state index contributed by atoms with van der Waals surface area (Å²) in [6.07, 6.45) is 8.16. The van der Waals surface area contributed by atoms with Gasteiger partial charge in [-0.15, -0.1) is 6.58 Å². The summed E-state index contributed by atoms with van der Waals surface area (Å²) in [4.78, 5) is 28.8. The lowest BCUT2D eigenvalue weighted by molar-refractivity contribution is -0.140. The van der Waals surface area contributed by atoms with Crippen molar-refractivity contribution in [2.24, 2.45) is 0 Å². The Morgan fingerprint density at radius 1 is 1.24 bits per heavy atom. The normalized spacial score (nSPS) is 24.2. The third-order valence-corrected chi connectivity index (χ3v) is 7.87. The summed E-state index contributed by atoms with van der Waals surface area (Å²) < 4.78 is 11.8. The van der Waals surface area contributed by atoms with Crippen molar-refractivity contribution in [2.45, 2.75) is 88.2 Å². The third kappa shape index (κ3) is 5.60. The van der Waals surface area contributed by atoms with Gasteiger partial charge in [0.15, 0.2) is 11.5 Å². The summed E-state index contributed by atoms with van der Waals surface area (Å²) in [6.45, 7) is 3.38. The number of hydrogen-bond donors (Lipinski definition) is 4. The number of benzene rings is 1. The number of methoxy groups -OCH3 is 1. The highest BCUT2D eigenvalue weighted by atomic mass is 16.5. The maximum Gasteiger partial charge on any atom is 0.247 e. The van der Waals surface area contributed by atoms with Crippen molar-refractivity contribution in [3.63, 3.8) is 0 Å². The Labute approximate surface area is 224 Å². The number of allylic oxidation sites excluding steroid dienone is 1. The number of fused-ring (bicyclic) bond motifs is 3. The molecule has 1 fully saturated rings. The maximum absolute atomic E-state index is 13.6. The van der Waals surface area contributed by atoms with Gasteiger partial charge < -0.3 is 35.0 Å². The molecule has 38 heavy (non-hydrogen) atoms. The number of amides is 2. The minimum Gasteiger partial charge on any atom is -0.493 e. The summed E-state index contributed by atoms with van der Waals surface area (Å²) in [6, 6.07) is 2.68. The van der Waals surface area contributed by atoms with Gasteiger partial charge in [0.1, 0.15) is 12.2 Å². The van der Waals surface area contributed by atoms with Gasteiger partial charge in [-0.3, -0.25) is 9.59 Å². The van der Waals surface area contributed by atoms with Crippen LogP contribution in [0.3, 0.4) is 0 Å². The lowest BCUT2D eigenvalue weighted by atomic mass is 9.77. The first kappa shape index (κ1) is 28.1. The quantitative estimate of drug-likeness (QED) is 0.242. The van der Waals surface area contributed by atoms with Crippen LogP contribution in [0.1, 0.15) is 68.4 Å². The molecule has 4 N–H and O–H groups in total. The van der Waals surface area contributed by atoms with Crippen molar-refractivity contribution in [1.29, 1.82) is 0 Å². The summed E-state index contributed by atoms with van der Waals surface area (Å²) >= 11 is 0. The fourth-order valence-corrected chi connectivity index (χ4v) is 6.08. The Morgan fingerprint density at radius 2 is 2.00 bits per heavy atom. The van der Waals surface area contributed by atoms with Crippen molar-refractivity contribution in [3.8, 4) is 11.5 Å². The molecule has 0 saturated heterocycles. The van der Waals surface area contributed by atoms with Gasteiger partial charge in [-0.1, -0.05) is 18.9 Å². The summed E-state index contributed by atoms with van der Waals surface area (Å²) in [5.74, 6) is -0.219. The highest BCUT2D eigenvalue weighted by Gasteiger charge is 2.52. The topological polar surface area (TPSA) is 129 Å². The van der Waals surface area contributed by atoms with Crippen molar-refractivity contribution in [1.82, 2.24) is 10.2 Å². The minimum atomic E-state index is -1.08. The van der Waals surface area contributed by atoms with Crippen molar-refractivity contribution < 1.29 is 34.4 Å². The number of carbonyl (C=O) groups excluding carboxylic acids is 2. The molecule has 9 heteroatoms. The van der Waals surface area contributed by atoms with Crippen LogP contribution in [0.5, 0.6) is 11.5 Å². The molecule has 4 atom stereocenters. The van der Waals surface area contributed by atoms with Gasteiger partial charge in [0.2, 0.25) is 11.8 Å². The molecule has 4 rings (SSSR count). The van der Waals surface area contributed by atoms with Gasteiger partial charge in [-0.25, -0.2) is 0 Å². The van der Waals surface area contributed by atoms with E-state index in [0.29, 0.717) is 34.6 Å². The molecular weight excluding hydrogens is 488 g/mol. The number of nitrogens with one attached hydrogen (secondary N) is 1. The number of aliphatic hydroxyl groups is 3. The van der Waals surface area contributed by atoms with Crippen LogP contribution in [-0.4, -0.2) is 76.6 Å². The highest BCUT2D eigenvalue weighted by Crippen LogP contribution is 2.51. The average molecular weight is 529 g/mol. The molecule has 3 aliphatic rings.